The molecule has 76 valence electrons. The molecule has 14 heavy (non-hydrogen) atoms. The molecule has 0 bridgehead atoms. The van der Waals surface area contributed by atoms with Crippen LogP contribution in [0.1, 0.15) is 6.92 Å². The molecule has 0 fully saturated rings. The normalized spacial score (nSPS) is 12.3. The topological polar surface area (TPSA) is 55.1 Å². The van der Waals surface area contributed by atoms with E-state index >= 15 is 0 Å². The minimum absolute atomic E-state index is 0.283. The minimum atomic E-state index is -0.573. The van der Waals surface area contributed by atoms with Crippen molar-refractivity contribution in [2.45, 2.75) is 13.0 Å². The molecule has 5 heteroatoms. The molecule has 1 atom stereocenters. The van der Waals surface area contributed by atoms with Crippen LogP contribution in [0, 0.1) is 9.39 Å². The number of hydrogen-bond donors (Lipinski definition) is 2. The van der Waals surface area contributed by atoms with Gasteiger partial charge in [-0.2, -0.15) is 0 Å². The number of anilines is 1. The van der Waals surface area contributed by atoms with E-state index < -0.39 is 6.04 Å². The Morgan fingerprint density at radius 2 is 2.29 bits per heavy atom. The number of rotatable bonds is 2. The number of carbonyl (C=O) groups is 1. The van der Waals surface area contributed by atoms with E-state index in [2.05, 4.69) is 5.32 Å². The first-order valence-corrected chi connectivity index (χ1v) is 5.10. The molecule has 0 aliphatic carbocycles. The molecule has 1 rings (SSSR count). The first-order valence-electron chi connectivity index (χ1n) is 4.02. The summed E-state index contributed by atoms with van der Waals surface area (Å²) in [6, 6.07) is 3.57. The van der Waals surface area contributed by atoms with E-state index in [4.69, 9.17) is 5.73 Å². The van der Waals surface area contributed by atoms with Crippen molar-refractivity contribution < 1.29 is 9.18 Å². The fourth-order valence-electron chi connectivity index (χ4n) is 0.837. The Morgan fingerprint density at radius 3 is 2.79 bits per heavy atom. The second-order valence-electron chi connectivity index (χ2n) is 2.90. The second-order valence-corrected chi connectivity index (χ2v) is 4.06. The molecule has 1 aromatic carbocycles. The predicted octanol–water partition coefficient (Wildman–Crippen LogP) is 1.72. The third-order valence-electron chi connectivity index (χ3n) is 1.60. The van der Waals surface area contributed by atoms with Crippen molar-refractivity contribution >= 4 is 34.2 Å². The van der Waals surface area contributed by atoms with Crippen LogP contribution in [-0.4, -0.2) is 11.9 Å². The van der Waals surface area contributed by atoms with E-state index in [0.29, 0.717) is 9.26 Å². The average Bonchev–Trinajstić information content (AvgIpc) is 2.09. The van der Waals surface area contributed by atoms with Crippen LogP contribution >= 0.6 is 22.6 Å². The molecular weight excluding hydrogens is 298 g/mol. The summed E-state index contributed by atoms with van der Waals surface area (Å²) in [6.45, 7) is 1.59. The van der Waals surface area contributed by atoms with Crippen LogP contribution in [0.3, 0.4) is 0 Å². The lowest BCUT2D eigenvalue weighted by atomic mass is 10.3. The molecule has 0 heterocycles. The van der Waals surface area contributed by atoms with Crippen LogP contribution in [0.25, 0.3) is 0 Å². The summed E-state index contributed by atoms with van der Waals surface area (Å²) < 4.78 is 13.4. The molecule has 0 saturated carbocycles. The van der Waals surface area contributed by atoms with Crippen molar-refractivity contribution in [3.8, 4) is 0 Å². The number of carbonyl (C=O) groups excluding carboxylic acids is 1. The van der Waals surface area contributed by atoms with Gasteiger partial charge in [0, 0.05) is 3.57 Å². The lowest BCUT2D eigenvalue weighted by Crippen LogP contribution is -2.32. The van der Waals surface area contributed by atoms with Crippen LogP contribution < -0.4 is 11.1 Å². The first kappa shape index (κ1) is 11.4. The molecule has 0 aliphatic heterocycles. The maximum atomic E-state index is 12.7. The van der Waals surface area contributed by atoms with E-state index in [1.807, 2.05) is 22.6 Å². The Hall–Kier alpha value is -0.690. The van der Waals surface area contributed by atoms with Gasteiger partial charge in [-0.25, -0.2) is 4.39 Å². The Bertz CT molecular complexity index is 355. The Balaban J connectivity index is 2.82. The van der Waals surface area contributed by atoms with Gasteiger partial charge in [-0.05, 0) is 47.7 Å². The van der Waals surface area contributed by atoms with Crippen molar-refractivity contribution in [1.82, 2.24) is 0 Å². The molecule has 0 aromatic heterocycles. The smallest absolute Gasteiger partial charge is 0.241 e. The third-order valence-corrected chi connectivity index (χ3v) is 2.50. The van der Waals surface area contributed by atoms with E-state index in [-0.39, 0.29) is 11.7 Å². The number of halogens is 2. The average molecular weight is 308 g/mol. The number of nitrogens with two attached hydrogens (primary N) is 1. The molecular formula is C9H10FIN2O. The van der Waals surface area contributed by atoms with Gasteiger partial charge in [0.25, 0.3) is 0 Å². The lowest BCUT2D eigenvalue weighted by molar-refractivity contribution is -0.117. The van der Waals surface area contributed by atoms with Crippen LogP contribution in [-0.2, 0) is 4.79 Å². The van der Waals surface area contributed by atoms with E-state index in [0.717, 1.165) is 0 Å². The lowest BCUT2D eigenvalue weighted by Gasteiger charge is -2.09. The van der Waals surface area contributed by atoms with Crippen molar-refractivity contribution in [3.63, 3.8) is 0 Å². The fourth-order valence-corrected chi connectivity index (χ4v) is 1.45. The Morgan fingerprint density at radius 1 is 1.64 bits per heavy atom. The van der Waals surface area contributed by atoms with Crippen LogP contribution in [0.15, 0.2) is 18.2 Å². The molecule has 1 amide bonds. The van der Waals surface area contributed by atoms with Gasteiger partial charge in [-0.3, -0.25) is 4.79 Å². The van der Waals surface area contributed by atoms with Crippen molar-refractivity contribution in [2.24, 2.45) is 5.73 Å². The maximum absolute atomic E-state index is 12.7. The first-order chi connectivity index (χ1) is 6.50. The van der Waals surface area contributed by atoms with Gasteiger partial charge in [-0.15, -0.1) is 0 Å². The van der Waals surface area contributed by atoms with Gasteiger partial charge >= 0.3 is 0 Å². The third kappa shape index (κ3) is 2.91. The summed E-state index contributed by atoms with van der Waals surface area (Å²) in [6.07, 6.45) is 0. The summed E-state index contributed by atoms with van der Waals surface area (Å²) in [4.78, 5) is 11.2. The molecule has 0 unspecified atom stereocenters. The highest BCUT2D eigenvalue weighted by Gasteiger charge is 2.09. The Labute approximate surface area is 95.0 Å². The highest BCUT2D eigenvalue weighted by atomic mass is 127. The number of hydrogen-bond acceptors (Lipinski definition) is 2. The minimum Gasteiger partial charge on any atom is -0.324 e. The van der Waals surface area contributed by atoms with E-state index in [1.54, 1.807) is 6.92 Å². The van der Waals surface area contributed by atoms with Gasteiger partial charge in [0.05, 0.1) is 11.7 Å². The van der Waals surface area contributed by atoms with Gasteiger partial charge in [-0.1, -0.05) is 0 Å². The van der Waals surface area contributed by atoms with Gasteiger partial charge in [0.1, 0.15) is 5.82 Å². The molecule has 3 nitrogen and oxygen atoms in total. The maximum Gasteiger partial charge on any atom is 0.241 e. The summed E-state index contributed by atoms with van der Waals surface area (Å²) in [7, 11) is 0. The number of benzene rings is 1. The predicted molar refractivity (Wildman–Crippen MR) is 61.4 cm³/mol. The highest BCUT2D eigenvalue weighted by molar-refractivity contribution is 14.1. The van der Waals surface area contributed by atoms with Crippen molar-refractivity contribution in [3.05, 3.63) is 27.6 Å². The SMILES string of the molecule is C[C@@H](N)C(=O)Nc1ccc(F)cc1I. The zero-order valence-electron chi connectivity index (χ0n) is 7.55. The van der Waals surface area contributed by atoms with Crippen LogP contribution in [0.5, 0.6) is 0 Å². The van der Waals surface area contributed by atoms with Crippen LogP contribution in [0.2, 0.25) is 0 Å². The second kappa shape index (κ2) is 4.70. The molecule has 0 aliphatic rings. The monoisotopic (exact) mass is 308 g/mol. The van der Waals surface area contributed by atoms with E-state index in [1.165, 1.54) is 18.2 Å². The number of amides is 1. The molecule has 0 spiro atoms. The molecule has 0 saturated heterocycles. The zero-order valence-corrected chi connectivity index (χ0v) is 9.71. The Kier molecular flexibility index (Phi) is 3.82. The molecule has 3 N–H and O–H groups in total. The van der Waals surface area contributed by atoms with E-state index in [9.17, 15) is 9.18 Å². The standard InChI is InChI=1S/C9H10FIN2O/c1-5(12)9(14)13-8-3-2-6(10)4-7(8)11/h2-5H,12H2,1H3,(H,13,14)/t5-/m1/s1. The zero-order chi connectivity index (χ0) is 10.7. The summed E-state index contributed by atoms with van der Waals surface area (Å²) in [5.74, 6) is -0.609. The summed E-state index contributed by atoms with van der Waals surface area (Å²) in [5.41, 5.74) is 5.95. The summed E-state index contributed by atoms with van der Waals surface area (Å²) in [5, 5.41) is 2.60. The molecule has 0 radical (unpaired) electrons. The van der Waals surface area contributed by atoms with Gasteiger partial charge < -0.3 is 11.1 Å². The van der Waals surface area contributed by atoms with Crippen LogP contribution in [0.4, 0.5) is 10.1 Å². The quantitative estimate of drug-likeness (QED) is 0.817. The highest BCUT2D eigenvalue weighted by Crippen LogP contribution is 2.18. The molecule has 1 aromatic rings. The largest absolute Gasteiger partial charge is 0.324 e. The van der Waals surface area contributed by atoms with Crippen molar-refractivity contribution in [2.75, 3.05) is 5.32 Å². The van der Waals surface area contributed by atoms with Crippen molar-refractivity contribution in [1.29, 1.82) is 0 Å². The van der Waals surface area contributed by atoms with Gasteiger partial charge in [0.15, 0.2) is 0 Å². The number of nitrogens with one attached hydrogen (secondary N) is 1. The fraction of sp³-hybridized carbons (Fsp3) is 0.222. The summed E-state index contributed by atoms with van der Waals surface area (Å²) >= 11 is 1.95. The van der Waals surface area contributed by atoms with Gasteiger partial charge in [0.2, 0.25) is 5.91 Å².